The number of aromatic nitrogens is 5. The molecule has 0 radical (unpaired) electrons. The number of rotatable bonds is 5. The summed E-state index contributed by atoms with van der Waals surface area (Å²) >= 11 is 0. The van der Waals surface area contributed by atoms with Gasteiger partial charge >= 0.3 is 6.03 Å². The molecule has 0 saturated carbocycles. The molecule has 122 valence electrons. The summed E-state index contributed by atoms with van der Waals surface area (Å²) in [5.41, 5.74) is 0.433. The number of benzene rings is 1. The zero-order chi connectivity index (χ0) is 16.8. The molecular formula is C15H15N7O2. The first-order valence-corrected chi connectivity index (χ1v) is 7.25. The lowest BCUT2D eigenvalue weighted by Gasteiger charge is -2.09. The predicted molar refractivity (Wildman–Crippen MR) is 86.9 cm³/mol. The quantitative estimate of drug-likeness (QED) is 0.716. The first-order chi connectivity index (χ1) is 11.7. The summed E-state index contributed by atoms with van der Waals surface area (Å²) in [4.78, 5) is 27.5. The number of urea groups is 1. The maximum Gasteiger partial charge on any atom is 0.319 e. The van der Waals surface area contributed by atoms with Gasteiger partial charge in [0.2, 0.25) is 0 Å². The molecule has 0 aliphatic rings. The van der Waals surface area contributed by atoms with Crippen LogP contribution in [0.2, 0.25) is 0 Å². The largest absolute Gasteiger partial charge is 0.336 e. The van der Waals surface area contributed by atoms with Crippen LogP contribution in [0.25, 0.3) is 5.82 Å². The Morgan fingerprint density at radius 1 is 1.12 bits per heavy atom. The van der Waals surface area contributed by atoms with Crippen LogP contribution in [0.3, 0.4) is 0 Å². The molecule has 0 bridgehead atoms. The molecule has 3 rings (SSSR count). The van der Waals surface area contributed by atoms with Crippen molar-refractivity contribution in [3.05, 3.63) is 65.5 Å². The van der Waals surface area contributed by atoms with Gasteiger partial charge < -0.3 is 10.6 Å². The minimum absolute atomic E-state index is 0.240. The first kappa shape index (κ1) is 15.4. The summed E-state index contributed by atoms with van der Waals surface area (Å²) in [6.45, 7) is 0.496. The van der Waals surface area contributed by atoms with E-state index in [1.165, 1.54) is 28.1 Å². The van der Waals surface area contributed by atoms with Gasteiger partial charge in [-0.05, 0) is 18.2 Å². The molecule has 0 aliphatic carbocycles. The van der Waals surface area contributed by atoms with E-state index in [0.29, 0.717) is 11.5 Å². The van der Waals surface area contributed by atoms with E-state index < -0.39 is 0 Å². The molecule has 0 saturated heterocycles. The molecule has 0 spiro atoms. The van der Waals surface area contributed by atoms with E-state index in [1.807, 2.05) is 18.2 Å². The van der Waals surface area contributed by atoms with E-state index in [0.717, 1.165) is 0 Å². The third-order valence-corrected chi connectivity index (χ3v) is 3.15. The normalized spacial score (nSPS) is 10.3. The van der Waals surface area contributed by atoms with Crippen molar-refractivity contribution < 1.29 is 4.79 Å². The monoisotopic (exact) mass is 325 g/mol. The Labute approximate surface area is 137 Å². The van der Waals surface area contributed by atoms with Crippen LogP contribution >= 0.6 is 0 Å². The second kappa shape index (κ2) is 7.18. The maximum absolute atomic E-state index is 11.8. The zero-order valence-corrected chi connectivity index (χ0v) is 12.7. The summed E-state index contributed by atoms with van der Waals surface area (Å²) in [5.74, 6) is 0.473. The van der Waals surface area contributed by atoms with Crippen LogP contribution in [0.15, 0.2) is 59.9 Å². The SMILES string of the molecule is O=C(NCCn1nc(-n2cncn2)ccc1=O)Nc1ccccc1. The Kier molecular flexibility index (Phi) is 4.61. The topological polar surface area (TPSA) is 107 Å². The van der Waals surface area contributed by atoms with Gasteiger partial charge in [-0.2, -0.15) is 5.10 Å². The minimum Gasteiger partial charge on any atom is -0.336 e. The van der Waals surface area contributed by atoms with E-state index in [-0.39, 0.29) is 24.7 Å². The van der Waals surface area contributed by atoms with Gasteiger partial charge in [0.1, 0.15) is 12.7 Å². The fourth-order valence-corrected chi connectivity index (χ4v) is 2.02. The molecule has 2 heterocycles. The van der Waals surface area contributed by atoms with Crippen molar-refractivity contribution in [1.29, 1.82) is 0 Å². The highest BCUT2D eigenvalue weighted by Gasteiger charge is 2.05. The number of hydrogen-bond donors (Lipinski definition) is 2. The van der Waals surface area contributed by atoms with Gasteiger partial charge in [-0.1, -0.05) is 18.2 Å². The second-order valence-electron chi connectivity index (χ2n) is 4.84. The van der Waals surface area contributed by atoms with E-state index in [1.54, 1.807) is 18.2 Å². The van der Waals surface area contributed by atoms with Gasteiger partial charge in [-0.15, -0.1) is 5.10 Å². The number of nitrogens with zero attached hydrogens (tertiary/aromatic N) is 5. The van der Waals surface area contributed by atoms with Gasteiger partial charge in [0.25, 0.3) is 5.56 Å². The van der Waals surface area contributed by atoms with Crippen LogP contribution in [-0.4, -0.2) is 37.1 Å². The number of carbonyl (C=O) groups is 1. The second-order valence-corrected chi connectivity index (χ2v) is 4.84. The average molecular weight is 325 g/mol. The molecule has 9 heteroatoms. The van der Waals surface area contributed by atoms with Crippen LogP contribution < -0.4 is 16.2 Å². The van der Waals surface area contributed by atoms with E-state index in [2.05, 4.69) is 25.8 Å². The van der Waals surface area contributed by atoms with Gasteiger partial charge in [-0.3, -0.25) is 4.79 Å². The van der Waals surface area contributed by atoms with Crippen LogP contribution in [0.4, 0.5) is 10.5 Å². The summed E-state index contributed by atoms with van der Waals surface area (Å²) in [7, 11) is 0. The lowest BCUT2D eigenvalue weighted by atomic mass is 10.3. The highest BCUT2D eigenvalue weighted by Crippen LogP contribution is 2.03. The number of para-hydroxylation sites is 1. The molecule has 24 heavy (non-hydrogen) atoms. The molecule has 1 aromatic carbocycles. The van der Waals surface area contributed by atoms with E-state index >= 15 is 0 Å². The molecule has 2 amide bonds. The first-order valence-electron chi connectivity index (χ1n) is 7.25. The lowest BCUT2D eigenvalue weighted by molar-refractivity contribution is 0.251. The van der Waals surface area contributed by atoms with Crippen molar-refractivity contribution in [3.8, 4) is 5.82 Å². The van der Waals surface area contributed by atoms with Crippen LogP contribution in [0.5, 0.6) is 0 Å². The fraction of sp³-hybridized carbons (Fsp3) is 0.133. The van der Waals surface area contributed by atoms with Crippen molar-refractivity contribution in [3.63, 3.8) is 0 Å². The van der Waals surface area contributed by atoms with Gasteiger partial charge in [0.05, 0.1) is 6.54 Å². The van der Waals surface area contributed by atoms with Crippen LogP contribution in [0, 0.1) is 0 Å². The molecule has 0 unspecified atom stereocenters. The molecule has 0 atom stereocenters. The Morgan fingerprint density at radius 2 is 1.96 bits per heavy atom. The van der Waals surface area contributed by atoms with Crippen molar-refractivity contribution in [1.82, 2.24) is 29.9 Å². The number of amides is 2. The summed E-state index contributed by atoms with van der Waals surface area (Å²) in [5, 5.41) is 13.5. The maximum atomic E-state index is 11.8. The summed E-state index contributed by atoms with van der Waals surface area (Å²) in [6, 6.07) is 11.7. The highest BCUT2D eigenvalue weighted by molar-refractivity contribution is 5.89. The Bertz CT molecular complexity index is 859. The standard InChI is InChI=1S/C15H15N7O2/c23-14-7-6-13(22-11-16-10-18-22)20-21(14)9-8-17-15(24)19-12-4-2-1-3-5-12/h1-7,10-11H,8-9H2,(H2,17,19,24). The number of nitrogens with one attached hydrogen (secondary N) is 2. The van der Waals surface area contributed by atoms with Crippen molar-refractivity contribution >= 4 is 11.7 Å². The van der Waals surface area contributed by atoms with Gasteiger partial charge in [0, 0.05) is 18.3 Å². The molecule has 2 aromatic heterocycles. The zero-order valence-electron chi connectivity index (χ0n) is 12.7. The van der Waals surface area contributed by atoms with Crippen molar-refractivity contribution in [2.75, 3.05) is 11.9 Å². The summed E-state index contributed by atoms with van der Waals surface area (Å²) in [6.07, 6.45) is 2.87. The van der Waals surface area contributed by atoms with Gasteiger partial charge in [-0.25, -0.2) is 19.1 Å². The minimum atomic E-state index is -0.346. The summed E-state index contributed by atoms with van der Waals surface area (Å²) < 4.78 is 2.71. The Hall–Kier alpha value is -3.49. The van der Waals surface area contributed by atoms with Crippen molar-refractivity contribution in [2.24, 2.45) is 0 Å². The number of anilines is 1. The number of carbonyl (C=O) groups excluding carboxylic acids is 1. The van der Waals surface area contributed by atoms with Crippen molar-refractivity contribution in [2.45, 2.75) is 6.54 Å². The molecule has 2 N–H and O–H groups in total. The average Bonchev–Trinajstić information content (AvgIpc) is 3.12. The highest BCUT2D eigenvalue weighted by atomic mass is 16.2. The Morgan fingerprint density at radius 3 is 2.71 bits per heavy atom. The van der Waals surface area contributed by atoms with Gasteiger partial charge in [0.15, 0.2) is 5.82 Å². The van der Waals surface area contributed by atoms with Crippen LogP contribution in [0.1, 0.15) is 0 Å². The van der Waals surface area contributed by atoms with Crippen LogP contribution in [-0.2, 0) is 6.54 Å². The molecule has 3 aromatic rings. The molecular weight excluding hydrogens is 310 g/mol. The smallest absolute Gasteiger partial charge is 0.319 e. The lowest BCUT2D eigenvalue weighted by Crippen LogP contribution is -2.34. The molecule has 9 nitrogen and oxygen atoms in total. The van der Waals surface area contributed by atoms with E-state index in [9.17, 15) is 9.59 Å². The molecule has 0 fully saturated rings. The number of hydrogen-bond acceptors (Lipinski definition) is 5. The Balaban J connectivity index is 1.57. The fourth-order valence-electron chi connectivity index (χ4n) is 2.02. The molecule has 0 aliphatic heterocycles. The predicted octanol–water partition coefficient (Wildman–Crippen LogP) is 0.646. The third kappa shape index (κ3) is 3.83. The van der Waals surface area contributed by atoms with E-state index in [4.69, 9.17) is 0 Å². The third-order valence-electron chi connectivity index (χ3n) is 3.15.